The Morgan fingerprint density at radius 2 is 1.53 bits per heavy atom. The van der Waals surface area contributed by atoms with Gasteiger partial charge in [-0.15, -0.1) is 0 Å². The molecule has 4 aliphatic carbocycles. The van der Waals surface area contributed by atoms with E-state index in [0.29, 0.717) is 11.8 Å². The number of allylic oxidation sites excluding steroid dienone is 2. The van der Waals surface area contributed by atoms with Gasteiger partial charge in [-0.1, -0.05) is 42.5 Å². The third-order valence-corrected chi connectivity index (χ3v) is 7.58. The molecule has 2 bridgehead atoms. The van der Waals surface area contributed by atoms with Gasteiger partial charge in [0.15, 0.2) is 0 Å². The lowest BCUT2D eigenvalue weighted by atomic mass is 9.63. The molecular formula is C26H22FNO4. The monoisotopic (exact) mass is 431 g/mol. The van der Waals surface area contributed by atoms with Crippen LogP contribution in [-0.4, -0.2) is 28.7 Å². The Hall–Kier alpha value is -3.28. The SMILES string of the molecule is O=C(Oc1ccc(F)cc1)[C@H](Cc1ccccc1)N1C(=O)[C@@H]2[C@H]3C=C[C@@H]([C@@H]4C[C@@H]34)[C@@H]2C1=O. The van der Waals surface area contributed by atoms with Gasteiger partial charge >= 0.3 is 5.97 Å². The number of hydrogen-bond donors (Lipinski definition) is 0. The van der Waals surface area contributed by atoms with Crippen molar-refractivity contribution >= 4 is 17.8 Å². The molecule has 0 radical (unpaired) electrons. The fourth-order valence-electron chi connectivity index (χ4n) is 6.09. The molecule has 7 atom stereocenters. The zero-order chi connectivity index (χ0) is 22.0. The first kappa shape index (κ1) is 19.4. The van der Waals surface area contributed by atoms with Gasteiger partial charge in [-0.2, -0.15) is 0 Å². The molecule has 2 saturated carbocycles. The number of hydrogen-bond acceptors (Lipinski definition) is 4. The molecule has 7 rings (SSSR count). The molecule has 1 aliphatic heterocycles. The van der Waals surface area contributed by atoms with Crippen LogP contribution < -0.4 is 4.74 Å². The Morgan fingerprint density at radius 3 is 2.12 bits per heavy atom. The summed E-state index contributed by atoms with van der Waals surface area (Å²) in [7, 11) is 0. The molecule has 5 aliphatic rings. The van der Waals surface area contributed by atoms with E-state index in [9.17, 15) is 18.8 Å². The quantitative estimate of drug-likeness (QED) is 0.315. The minimum absolute atomic E-state index is 0.0851. The number of ether oxygens (including phenoxy) is 1. The summed E-state index contributed by atoms with van der Waals surface area (Å²) in [5, 5.41) is 0. The minimum Gasteiger partial charge on any atom is -0.425 e. The van der Waals surface area contributed by atoms with Crippen LogP contribution in [0.2, 0.25) is 0 Å². The minimum atomic E-state index is -1.07. The summed E-state index contributed by atoms with van der Waals surface area (Å²) >= 11 is 0. The smallest absolute Gasteiger partial charge is 0.335 e. The number of esters is 1. The lowest BCUT2D eigenvalue weighted by Crippen LogP contribution is -2.48. The zero-order valence-electron chi connectivity index (χ0n) is 17.3. The number of nitrogens with zero attached hydrogens (tertiary/aromatic N) is 1. The molecule has 2 aromatic carbocycles. The fourth-order valence-corrected chi connectivity index (χ4v) is 6.09. The number of imide groups is 1. The van der Waals surface area contributed by atoms with Gasteiger partial charge in [-0.3, -0.25) is 14.5 Å². The molecule has 1 heterocycles. The van der Waals surface area contributed by atoms with E-state index in [4.69, 9.17) is 4.74 Å². The second-order valence-electron chi connectivity index (χ2n) is 9.28. The van der Waals surface area contributed by atoms with E-state index in [-0.39, 0.29) is 47.7 Å². The number of halogens is 1. The van der Waals surface area contributed by atoms with Gasteiger partial charge in [-0.05, 0) is 59.9 Å². The molecule has 2 aromatic rings. The fraction of sp³-hybridized carbons (Fsp3) is 0.346. The number of carbonyl (C=O) groups is 3. The lowest BCUT2D eigenvalue weighted by molar-refractivity contribution is -0.153. The molecule has 0 aromatic heterocycles. The highest BCUT2D eigenvalue weighted by atomic mass is 19.1. The first-order valence-electron chi connectivity index (χ1n) is 11.1. The molecule has 0 spiro atoms. The van der Waals surface area contributed by atoms with Crippen molar-refractivity contribution in [3.8, 4) is 5.75 Å². The normalized spacial score (nSPS) is 32.5. The van der Waals surface area contributed by atoms with Crippen LogP contribution in [0.1, 0.15) is 12.0 Å². The summed E-state index contributed by atoms with van der Waals surface area (Å²) in [5.41, 5.74) is 0.827. The van der Waals surface area contributed by atoms with Gasteiger partial charge in [-0.25, -0.2) is 9.18 Å². The second kappa shape index (κ2) is 7.12. The summed E-state index contributed by atoms with van der Waals surface area (Å²) < 4.78 is 18.8. The highest BCUT2D eigenvalue weighted by molar-refractivity contribution is 6.09. The van der Waals surface area contributed by atoms with Crippen LogP contribution in [0.15, 0.2) is 66.7 Å². The molecule has 0 N–H and O–H groups in total. The first-order valence-corrected chi connectivity index (χ1v) is 11.1. The summed E-state index contributed by atoms with van der Waals surface area (Å²) in [6, 6.07) is 13.3. The van der Waals surface area contributed by atoms with Gasteiger partial charge in [0.05, 0.1) is 11.8 Å². The van der Waals surface area contributed by atoms with Gasteiger partial charge < -0.3 is 4.74 Å². The van der Waals surface area contributed by atoms with Gasteiger partial charge in [0.2, 0.25) is 11.8 Å². The number of likely N-dealkylation sites (tertiary alicyclic amines) is 1. The molecule has 6 heteroatoms. The highest BCUT2D eigenvalue weighted by Gasteiger charge is 2.68. The Kier molecular flexibility index (Phi) is 4.32. The number of carbonyl (C=O) groups excluding carboxylic acids is 3. The summed E-state index contributed by atoms with van der Waals surface area (Å²) in [4.78, 5) is 41.5. The number of rotatable bonds is 5. The van der Waals surface area contributed by atoms with E-state index in [1.807, 2.05) is 30.3 Å². The van der Waals surface area contributed by atoms with E-state index < -0.39 is 17.8 Å². The standard InChI is InChI=1S/C26H22FNO4/c27-15-6-8-16(9-7-15)32-26(31)21(12-14-4-2-1-3-5-14)28-24(29)22-17-10-11-18(20-13-19(17)20)23(22)25(28)30/h1-11,17-23H,12-13H2/t17-,18-,19-,20-,21-,22-,23+/m0/s1. The van der Waals surface area contributed by atoms with Crippen LogP contribution in [0.5, 0.6) is 5.75 Å². The maximum absolute atomic E-state index is 13.6. The summed E-state index contributed by atoms with van der Waals surface area (Å²) in [6.45, 7) is 0. The Balaban J connectivity index is 1.33. The van der Waals surface area contributed by atoms with Crippen molar-refractivity contribution in [2.45, 2.75) is 18.9 Å². The van der Waals surface area contributed by atoms with Gasteiger partial charge in [0.1, 0.15) is 17.6 Å². The van der Waals surface area contributed by atoms with Crippen LogP contribution in [0.25, 0.3) is 0 Å². The molecule has 0 unspecified atom stereocenters. The van der Waals surface area contributed by atoms with E-state index in [1.54, 1.807) is 0 Å². The molecule has 5 nitrogen and oxygen atoms in total. The van der Waals surface area contributed by atoms with Crippen LogP contribution in [0, 0.1) is 41.3 Å². The maximum Gasteiger partial charge on any atom is 0.335 e. The Morgan fingerprint density at radius 1 is 0.938 bits per heavy atom. The molecule has 162 valence electrons. The third-order valence-electron chi connectivity index (χ3n) is 7.58. The van der Waals surface area contributed by atoms with Crippen molar-refractivity contribution in [2.24, 2.45) is 35.5 Å². The van der Waals surface area contributed by atoms with E-state index in [2.05, 4.69) is 12.2 Å². The Bertz CT molecular complexity index is 1090. The van der Waals surface area contributed by atoms with Crippen molar-refractivity contribution in [3.63, 3.8) is 0 Å². The zero-order valence-corrected chi connectivity index (χ0v) is 17.3. The predicted octanol–water partition coefficient (Wildman–Crippen LogP) is 3.40. The highest BCUT2D eigenvalue weighted by Crippen LogP contribution is 2.65. The topological polar surface area (TPSA) is 63.7 Å². The average molecular weight is 431 g/mol. The third kappa shape index (κ3) is 2.93. The summed E-state index contributed by atoms with van der Waals surface area (Å²) in [6.07, 6.45) is 5.47. The molecule has 32 heavy (non-hydrogen) atoms. The number of amides is 2. The van der Waals surface area contributed by atoms with Crippen molar-refractivity contribution in [3.05, 3.63) is 78.1 Å². The second-order valence-corrected chi connectivity index (χ2v) is 9.28. The largest absolute Gasteiger partial charge is 0.425 e. The van der Waals surface area contributed by atoms with Gasteiger partial charge in [0, 0.05) is 6.42 Å². The average Bonchev–Trinajstić information content (AvgIpc) is 3.58. The molecule has 3 fully saturated rings. The van der Waals surface area contributed by atoms with Crippen molar-refractivity contribution in [1.29, 1.82) is 0 Å². The molecular weight excluding hydrogens is 409 g/mol. The van der Waals surface area contributed by atoms with Crippen molar-refractivity contribution < 1.29 is 23.5 Å². The van der Waals surface area contributed by atoms with Crippen molar-refractivity contribution in [2.75, 3.05) is 0 Å². The first-order chi connectivity index (χ1) is 15.5. The van der Waals surface area contributed by atoms with Crippen LogP contribution in [0.4, 0.5) is 4.39 Å². The van der Waals surface area contributed by atoms with E-state index in [0.717, 1.165) is 12.0 Å². The lowest BCUT2D eigenvalue weighted by Gasteiger charge is -2.37. The van der Waals surface area contributed by atoms with Crippen LogP contribution in [-0.2, 0) is 20.8 Å². The van der Waals surface area contributed by atoms with Crippen molar-refractivity contribution in [1.82, 2.24) is 4.90 Å². The number of benzene rings is 2. The van der Waals surface area contributed by atoms with Crippen LogP contribution >= 0.6 is 0 Å². The predicted molar refractivity (Wildman–Crippen MR) is 113 cm³/mol. The van der Waals surface area contributed by atoms with E-state index in [1.165, 1.54) is 29.2 Å². The summed E-state index contributed by atoms with van der Waals surface area (Å²) in [5.74, 6) is -1.09. The maximum atomic E-state index is 13.6. The van der Waals surface area contributed by atoms with Crippen LogP contribution in [0.3, 0.4) is 0 Å². The molecule has 2 amide bonds. The van der Waals surface area contributed by atoms with Gasteiger partial charge in [0.25, 0.3) is 0 Å². The Labute approximate surface area is 184 Å². The molecule has 1 saturated heterocycles. The van der Waals surface area contributed by atoms with E-state index >= 15 is 0 Å².